The molecule has 0 bridgehead atoms. The van der Waals surface area contributed by atoms with Gasteiger partial charge in [-0.15, -0.1) is 0 Å². The maximum absolute atomic E-state index is 12.0. The van der Waals surface area contributed by atoms with Crippen molar-refractivity contribution in [3.8, 4) is 0 Å². The Labute approximate surface area is 139 Å². The van der Waals surface area contributed by atoms with Gasteiger partial charge in [-0.05, 0) is 32.3 Å². The number of rotatable bonds is 7. The smallest absolute Gasteiger partial charge is 0.251 e. The SMILES string of the molecule is Cc1cc(=O)[nH]c(SCC(=O)NC(C)CCc2ccccc2)n1. The van der Waals surface area contributed by atoms with E-state index in [4.69, 9.17) is 0 Å². The first-order chi connectivity index (χ1) is 11.0. The van der Waals surface area contributed by atoms with Gasteiger partial charge in [0.25, 0.3) is 5.56 Å². The summed E-state index contributed by atoms with van der Waals surface area (Å²) in [6, 6.07) is 11.7. The number of H-pyrrole nitrogens is 1. The van der Waals surface area contributed by atoms with E-state index in [2.05, 4.69) is 27.4 Å². The zero-order valence-corrected chi connectivity index (χ0v) is 14.2. The molecule has 0 saturated carbocycles. The highest BCUT2D eigenvalue weighted by atomic mass is 32.2. The van der Waals surface area contributed by atoms with Crippen molar-refractivity contribution >= 4 is 17.7 Å². The predicted octanol–water partition coefficient (Wildman–Crippen LogP) is 2.31. The molecule has 6 heteroatoms. The number of nitrogens with zero attached hydrogens (tertiary/aromatic N) is 1. The Morgan fingerprint density at radius 1 is 1.35 bits per heavy atom. The monoisotopic (exact) mass is 331 g/mol. The van der Waals surface area contributed by atoms with Crippen molar-refractivity contribution in [1.82, 2.24) is 15.3 Å². The lowest BCUT2D eigenvalue weighted by Crippen LogP contribution is -2.34. The summed E-state index contributed by atoms with van der Waals surface area (Å²) < 4.78 is 0. The molecule has 1 heterocycles. The molecule has 1 unspecified atom stereocenters. The molecule has 23 heavy (non-hydrogen) atoms. The van der Waals surface area contributed by atoms with E-state index in [1.165, 1.54) is 23.4 Å². The van der Waals surface area contributed by atoms with Crippen LogP contribution in [0.25, 0.3) is 0 Å². The van der Waals surface area contributed by atoms with Crippen LogP contribution in [0.5, 0.6) is 0 Å². The van der Waals surface area contributed by atoms with Gasteiger partial charge in [-0.3, -0.25) is 9.59 Å². The molecule has 1 aromatic heterocycles. The minimum atomic E-state index is -0.198. The van der Waals surface area contributed by atoms with Crippen LogP contribution in [0.15, 0.2) is 46.3 Å². The second kappa shape index (κ2) is 8.53. The molecule has 2 rings (SSSR count). The number of hydrogen-bond donors (Lipinski definition) is 2. The van der Waals surface area contributed by atoms with E-state index >= 15 is 0 Å². The number of aromatic amines is 1. The Morgan fingerprint density at radius 2 is 2.09 bits per heavy atom. The number of carbonyl (C=O) groups excluding carboxylic acids is 1. The number of benzene rings is 1. The third-order valence-corrected chi connectivity index (χ3v) is 4.18. The Hall–Kier alpha value is -2.08. The van der Waals surface area contributed by atoms with Crippen molar-refractivity contribution in [1.29, 1.82) is 0 Å². The van der Waals surface area contributed by atoms with Crippen LogP contribution in [-0.2, 0) is 11.2 Å². The van der Waals surface area contributed by atoms with Crippen molar-refractivity contribution in [2.75, 3.05) is 5.75 Å². The summed E-state index contributed by atoms with van der Waals surface area (Å²) in [5.74, 6) is 0.182. The summed E-state index contributed by atoms with van der Waals surface area (Å²) in [5, 5.41) is 3.44. The summed E-state index contributed by atoms with van der Waals surface area (Å²) in [7, 11) is 0. The molecule has 2 aromatic rings. The third-order valence-electron chi connectivity index (χ3n) is 3.30. The quantitative estimate of drug-likeness (QED) is 0.603. The minimum Gasteiger partial charge on any atom is -0.353 e. The number of hydrogen-bond acceptors (Lipinski definition) is 4. The van der Waals surface area contributed by atoms with Crippen LogP contribution in [0.3, 0.4) is 0 Å². The van der Waals surface area contributed by atoms with Gasteiger partial charge in [-0.2, -0.15) is 0 Å². The number of carbonyl (C=O) groups is 1. The first-order valence-corrected chi connectivity index (χ1v) is 8.55. The number of nitrogens with one attached hydrogen (secondary N) is 2. The van der Waals surface area contributed by atoms with Gasteiger partial charge in [0, 0.05) is 17.8 Å². The van der Waals surface area contributed by atoms with Crippen LogP contribution in [0.2, 0.25) is 0 Å². The van der Waals surface area contributed by atoms with E-state index in [0.29, 0.717) is 10.9 Å². The summed E-state index contributed by atoms with van der Waals surface area (Å²) in [5.41, 5.74) is 1.72. The molecule has 1 atom stereocenters. The first kappa shape index (κ1) is 17.3. The maximum atomic E-state index is 12.0. The van der Waals surface area contributed by atoms with Crippen LogP contribution >= 0.6 is 11.8 Å². The van der Waals surface area contributed by atoms with E-state index in [9.17, 15) is 9.59 Å². The lowest BCUT2D eigenvalue weighted by molar-refractivity contribution is -0.119. The van der Waals surface area contributed by atoms with E-state index in [0.717, 1.165) is 12.8 Å². The van der Waals surface area contributed by atoms with Gasteiger partial charge >= 0.3 is 0 Å². The van der Waals surface area contributed by atoms with Crippen molar-refractivity contribution in [2.45, 2.75) is 37.9 Å². The fourth-order valence-electron chi connectivity index (χ4n) is 2.17. The molecule has 0 spiro atoms. The minimum absolute atomic E-state index is 0.0558. The van der Waals surface area contributed by atoms with Crippen molar-refractivity contribution in [2.24, 2.45) is 0 Å². The maximum Gasteiger partial charge on any atom is 0.251 e. The summed E-state index contributed by atoms with van der Waals surface area (Å²) >= 11 is 1.23. The first-order valence-electron chi connectivity index (χ1n) is 7.57. The van der Waals surface area contributed by atoms with Crippen molar-refractivity contribution in [3.63, 3.8) is 0 Å². The Morgan fingerprint density at radius 3 is 2.78 bits per heavy atom. The summed E-state index contributed by atoms with van der Waals surface area (Å²) in [6.07, 6.45) is 1.82. The molecule has 0 aliphatic carbocycles. The summed E-state index contributed by atoms with van der Waals surface area (Å²) in [6.45, 7) is 3.75. The van der Waals surface area contributed by atoms with Crippen LogP contribution in [0.1, 0.15) is 24.6 Å². The second-order valence-corrected chi connectivity index (χ2v) is 6.44. The highest BCUT2D eigenvalue weighted by molar-refractivity contribution is 7.99. The Bertz CT molecular complexity index is 700. The van der Waals surface area contributed by atoms with Gasteiger partial charge in [0.1, 0.15) is 0 Å². The van der Waals surface area contributed by atoms with E-state index in [-0.39, 0.29) is 23.3 Å². The molecule has 0 aliphatic heterocycles. The molecule has 2 N–H and O–H groups in total. The fourth-order valence-corrected chi connectivity index (χ4v) is 2.90. The van der Waals surface area contributed by atoms with Gasteiger partial charge in [0.05, 0.1) is 5.75 Å². The number of aromatic nitrogens is 2. The average Bonchev–Trinajstić information content (AvgIpc) is 2.51. The second-order valence-electron chi connectivity index (χ2n) is 5.47. The molecule has 0 fully saturated rings. The van der Waals surface area contributed by atoms with Gasteiger partial charge in [0.2, 0.25) is 5.91 Å². The standard InChI is InChI=1S/C17H21N3O2S/c1-12(8-9-14-6-4-3-5-7-14)18-16(22)11-23-17-19-13(2)10-15(21)20-17/h3-7,10,12H,8-9,11H2,1-2H3,(H,18,22)(H,19,20,21). The zero-order valence-electron chi connectivity index (χ0n) is 13.3. The third kappa shape index (κ3) is 6.28. The lowest BCUT2D eigenvalue weighted by Gasteiger charge is -2.13. The average molecular weight is 331 g/mol. The van der Waals surface area contributed by atoms with E-state index < -0.39 is 0 Å². The fraction of sp³-hybridized carbons (Fsp3) is 0.353. The number of aryl methyl sites for hydroxylation is 2. The topological polar surface area (TPSA) is 74.8 Å². The molecule has 122 valence electrons. The van der Waals surface area contributed by atoms with Crippen LogP contribution in [0.4, 0.5) is 0 Å². The number of amides is 1. The summed E-state index contributed by atoms with van der Waals surface area (Å²) in [4.78, 5) is 30.1. The zero-order chi connectivity index (χ0) is 16.7. The molecular formula is C17H21N3O2S. The molecular weight excluding hydrogens is 310 g/mol. The van der Waals surface area contributed by atoms with Crippen molar-refractivity contribution < 1.29 is 4.79 Å². The highest BCUT2D eigenvalue weighted by Gasteiger charge is 2.09. The largest absolute Gasteiger partial charge is 0.353 e. The van der Waals surface area contributed by atoms with Gasteiger partial charge in [-0.25, -0.2) is 4.98 Å². The Kier molecular flexibility index (Phi) is 6.40. The van der Waals surface area contributed by atoms with Gasteiger partial charge in [-0.1, -0.05) is 42.1 Å². The van der Waals surface area contributed by atoms with Crippen LogP contribution in [-0.4, -0.2) is 27.7 Å². The molecule has 0 radical (unpaired) electrons. The van der Waals surface area contributed by atoms with E-state index in [1.807, 2.05) is 25.1 Å². The van der Waals surface area contributed by atoms with E-state index in [1.54, 1.807) is 6.92 Å². The van der Waals surface area contributed by atoms with Gasteiger partial charge in [0.15, 0.2) is 5.16 Å². The lowest BCUT2D eigenvalue weighted by atomic mass is 10.1. The molecule has 0 saturated heterocycles. The van der Waals surface area contributed by atoms with Gasteiger partial charge < -0.3 is 10.3 Å². The molecule has 1 amide bonds. The molecule has 1 aromatic carbocycles. The highest BCUT2D eigenvalue weighted by Crippen LogP contribution is 2.11. The molecule has 0 aliphatic rings. The predicted molar refractivity (Wildman–Crippen MR) is 92.7 cm³/mol. The molecule has 5 nitrogen and oxygen atoms in total. The van der Waals surface area contributed by atoms with Crippen LogP contribution < -0.4 is 10.9 Å². The number of thioether (sulfide) groups is 1. The Balaban J connectivity index is 1.74. The van der Waals surface area contributed by atoms with Crippen molar-refractivity contribution in [3.05, 3.63) is 58.0 Å². The normalized spacial score (nSPS) is 11.9. The van der Waals surface area contributed by atoms with Crippen LogP contribution in [0, 0.1) is 6.92 Å².